The van der Waals surface area contributed by atoms with Gasteiger partial charge < -0.3 is 24.7 Å². The molecule has 1 aliphatic heterocycles. The number of carbonyl (C=O) groups excluding carboxylic acids is 1. The third kappa shape index (κ3) is 4.67. The van der Waals surface area contributed by atoms with E-state index in [1.54, 1.807) is 54.9 Å². The van der Waals surface area contributed by atoms with E-state index in [1.165, 1.54) is 4.90 Å². The molecule has 9 heteroatoms. The van der Waals surface area contributed by atoms with Crippen LogP contribution in [-0.4, -0.2) is 34.1 Å². The lowest BCUT2D eigenvalue weighted by Gasteiger charge is -2.24. The van der Waals surface area contributed by atoms with Crippen LogP contribution in [-0.2, 0) is 13.1 Å². The Morgan fingerprint density at radius 2 is 1.85 bits per heavy atom. The number of fused-ring (bicyclic) bond motifs is 2. The summed E-state index contributed by atoms with van der Waals surface area (Å²) in [4.78, 5) is 34.7. The molecule has 0 aliphatic carbocycles. The number of H-pyrrole nitrogens is 1. The number of nitrogens with zero attached hydrogens (tertiary/aromatic N) is 2. The number of benzene rings is 2. The summed E-state index contributed by atoms with van der Waals surface area (Å²) < 4.78 is 11.3. The second-order valence-electron chi connectivity index (χ2n) is 7.83. The Morgan fingerprint density at radius 3 is 2.62 bits per heavy atom. The third-order valence-electron chi connectivity index (χ3n) is 5.44. The highest BCUT2D eigenvalue weighted by Gasteiger charge is 2.19. The monoisotopic (exact) mass is 476 g/mol. The van der Waals surface area contributed by atoms with Crippen molar-refractivity contribution in [3.05, 3.63) is 93.5 Å². The summed E-state index contributed by atoms with van der Waals surface area (Å²) in [5.41, 5.74) is 2.10. The molecule has 8 nitrogen and oxygen atoms in total. The summed E-state index contributed by atoms with van der Waals surface area (Å²) in [6.45, 7) is 1.26. The molecule has 2 N–H and O–H groups in total. The predicted molar refractivity (Wildman–Crippen MR) is 130 cm³/mol. The van der Waals surface area contributed by atoms with E-state index in [0.29, 0.717) is 46.5 Å². The molecule has 172 valence electrons. The number of hydrogen-bond acceptors (Lipinski definition) is 5. The van der Waals surface area contributed by atoms with Gasteiger partial charge in [0.05, 0.1) is 22.8 Å². The first-order chi connectivity index (χ1) is 16.6. The lowest BCUT2D eigenvalue weighted by atomic mass is 10.1. The Bertz CT molecular complexity index is 1410. The molecule has 2 aromatic carbocycles. The fourth-order valence-electron chi connectivity index (χ4n) is 3.78. The summed E-state index contributed by atoms with van der Waals surface area (Å²) in [7, 11) is 0. The van der Waals surface area contributed by atoms with Crippen molar-refractivity contribution in [3.63, 3.8) is 0 Å². The fraction of sp³-hybridized carbons (Fsp3) is 0.160. The van der Waals surface area contributed by atoms with Crippen molar-refractivity contribution in [2.45, 2.75) is 13.1 Å². The Balaban J connectivity index is 1.47. The number of pyridine rings is 2. The van der Waals surface area contributed by atoms with E-state index in [2.05, 4.69) is 15.3 Å². The van der Waals surface area contributed by atoms with Crippen LogP contribution in [0.1, 0.15) is 11.1 Å². The van der Waals surface area contributed by atoms with Crippen LogP contribution in [0, 0.1) is 0 Å². The van der Waals surface area contributed by atoms with Crippen LogP contribution in [0.3, 0.4) is 0 Å². The summed E-state index contributed by atoms with van der Waals surface area (Å²) in [6.07, 6.45) is 3.35. The lowest BCUT2D eigenvalue weighted by Crippen LogP contribution is -2.35. The van der Waals surface area contributed by atoms with Crippen LogP contribution in [0.15, 0.2) is 71.8 Å². The van der Waals surface area contributed by atoms with E-state index < -0.39 is 6.03 Å². The van der Waals surface area contributed by atoms with Gasteiger partial charge in [-0.15, -0.1) is 0 Å². The quantitative estimate of drug-likeness (QED) is 0.439. The summed E-state index contributed by atoms with van der Waals surface area (Å²) in [5.74, 6) is 1.22. The van der Waals surface area contributed by atoms with Crippen molar-refractivity contribution in [3.8, 4) is 11.5 Å². The number of halogens is 1. The molecule has 0 atom stereocenters. The molecule has 4 aromatic rings. The van der Waals surface area contributed by atoms with E-state index in [1.807, 2.05) is 12.1 Å². The zero-order chi connectivity index (χ0) is 23.5. The van der Waals surface area contributed by atoms with E-state index in [-0.39, 0.29) is 18.6 Å². The fourth-order valence-corrected chi connectivity index (χ4v) is 3.96. The van der Waals surface area contributed by atoms with Crippen molar-refractivity contribution in [2.24, 2.45) is 0 Å². The maximum Gasteiger partial charge on any atom is 0.322 e. The molecule has 2 aromatic heterocycles. The zero-order valence-electron chi connectivity index (χ0n) is 18.1. The number of hydrogen-bond donors (Lipinski definition) is 2. The van der Waals surface area contributed by atoms with Gasteiger partial charge in [0, 0.05) is 36.0 Å². The topological polar surface area (TPSA) is 96.6 Å². The molecule has 0 fully saturated rings. The number of urea groups is 1. The van der Waals surface area contributed by atoms with Crippen molar-refractivity contribution in [1.82, 2.24) is 14.9 Å². The van der Waals surface area contributed by atoms with Crippen LogP contribution < -0.4 is 20.3 Å². The first-order valence-corrected chi connectivity index (χ1v) is 11.1. The van der Waals surface area contributed by atoms with E-state index >= 15 is 0 Å². The number of nitrogens with one attached hydrogen (secondary N) is 2. The smallest absolute Gasteiger partial charge is 0.322 e. The number of aromatic amines is 1. The second kappa shape index (κ2) is 9.44. The van der Waals surface area contributed by atoms with Crippen LogP contribution >= 0.6 is 11.6 Å². The van der Waals surface area contributed by atoms with E-state index in [9.17, 15) is 9.59 Å². The average Bonchev–Trinajstić information content (AvgIpc) is 2.85. The minimum Gasteiger partial charge on any atom is -0.486 e. The maximum absolute atomic E-state index is 13.2. The first kappa shape index (κ1) is 21.8. The molecule has 3 heterocycles. The number of anilines is 1. The number of rotatable bonds is 5. The van der Waals surface area contributed by atoms with Gasteiger partial charge in [0.1, 0.15) is 13.2 Å². The van der Waals surface area contributed by atoms with Crippen molar-refractivity contribution >= 4 is 34.2 Å². The third-order valence-corrected chi connectivity index (χ3v) is 5.77. The predicted octanol–water partition coefficient (Wildman–Crippen LogP) is 4.58. The van der Waals surface area contributed by atoms with Gasteiger partial charge in [0.2, 0.25) is 0 Å². The van der Waals surface area contributed by atoms with Crippen molar-refractivity contribution in [1.29, 1.82) is 0 Å². The van der Waals surface area contributed by atoms with E-state index in [4.69, 9.17) is 21.1 Å². The molecular formula is C25H21ClN4O4. The summed E-state index contributed by atoms with van der Waals surface area (Å²) in [6, 6.07) is 15.6. The van der Waals surface area contributed by atoms with Crippen molar-refractivity contribution in [2.75, 3.05) is 18.5 Å². The maximum atomic E-state index is 13.2. The highest BCUT2D eigenvalue weighted by atomic mass is 35.5. The first-order valence-electron chi connectivity index (χ1n) is 10.7. The van der Waals surface area contributed by atoms with Crippen LogP contribution in [0.2, 0.25) is 5.02 Å². The van der Waals surface area contributed by atoms with Gasteiger partial charge in [-0.25, -0.2) is 4.79 Å². The SMILES string of the molecule is O=C(Nc1ccccc1Cl)N(Cc1cccnc1)Cc1cc2cc3c(cc2[nH]c1=O)OCCO3. The van der Waals surface area contributed by atoms with Gasteiger partial charge in [0.25, 0.3) is 5.56 Å². The molecule has 0 bridgehead atoms. The average molecular weight is 477 g/mol. The number of amides is 2. The van der Waals surface area contributed by atoms with E-state index in [0.717, 1.165) is 10.9 Å². The molecule has 0 radical (unpaired) electrons. The highest BCUT2D eigenvalue weighted by molar-refractivity contribution is 6.33. The minimum absolute atomic E-state index is 0.0743. The molecule has 0 unspecified atom stereocenters. The second-order valence-corrected chi connectivity index (χ2v) is 8.24. The summed E-state index contributed by atoms with van der Waals surface area (Å²) in [5, 5.41) is 4.04. The number of aromatic nitrogens is 2. The lowest BCUT2D eigenvalue weighted by molar-refractivity contribution is 0.172. The Kier molecular flexibility index (Phi) is 6.05. The normalized spacial score (nSPS) is 12.4. The van der Waals surface area contributed by atoms with Crippen LogP contribution in [0.4, 0.5) is 10.5 Å². The molecule has 34 heavy (non-hydrogen) atoms. The van der Waals surface area contributed by atoms with Crippen LogP contribution in [0.25, 0.3) is 10.9 Å². The summed E-state index contributed by atoms with van der Waals surface area (Å²) >= 11 is 6.22. The van der Waals surface area contributed by atoms with Gasteiger partial charge >= 0.3 is 6.03 Å². The zero-order valence-corrected chi connectivity index (χ0v) is 18.8. The number of carbonyl (C=O) groups is 1. The van der Waals surface area contributed by atoms with Gasteiger partial charge in [-0.05, 0) is 35.9 Å². The molecule has 2 amide bonds. The Morgan fingerprint density at radius 1 is 1.06 bits per heavy atom. The highest BCUT2D eigenvalue weighted by Crippen LogP contribution is 2.33. The van der Waals surface area contributed by atoms with Gasteiger partial charge in [-0.1, -0.05) is 29.8 Å². The standard InChI is InChI=1S/C25H21ClN4O4/c26-19-5-1-2-6-20(19)29-25(32)30(14-16-4-3-7-27-13-16)15-18-10-17-11-22-23(34-9-8-33-22)12-21(17)28-24(18)31/h1-7,10-13H,8-9,14-15H2,(H,28,31)(H,29,32). The largest absolute Gasteiger partial charge is 0.486 e. The molecule has 0 spiro atoms. The van der Waals surface area contributed by atoms with Gasteiger partial charge in [-0.2, -0.15) is 0 Å². The van der Waals surface area contributed by atoms with Gasteiger partial charge in [0.15, 0.2) is 11.5 Å². The van der Waals surface area contributed by atoms with Crippen molar-refractivity contribution < 1.29 is 14.3 Å². The molecule has 0 saturated heterocycles. The molecule has 1 aliphatic rings. The number of para-hydroxylation sites is 1. The number of ether oxygens (including phenoxy) is 2. The van der Waals surface area contributed by atoms with Crippen LogP contribution in [0.5, 0.6) is 11.5 Å². The minimum atomic E-state index is -0.390. The molecule has 5 rings (SSSR count). The molecule has 0 saturated carbocycles. The Hall–Kier alpha value is -4.04. The van der Waals surface area contributed by atoms with Gasteiger partial charge in [-0.3, -0.25) is 9.78 Å². The molecular weight excluding hydrogens is 456 g/mol. The Labute approximate surface area is 200 Å².